The van der Waals surface area contributed by atoms with Crippen molar-refractivity contribution < 1.29 is 19.2 Å². The van der Waals surface area contributed by atoms with Crippen molar-refractivity contribution in [1.29, 1.82) is 0 Å². The van der Waals surface area contributed by atoms with Gasteiger partial charge in [0.25, 0.3) is 23.6 Å². The van der Waals surface area contributed by atoms with Crippen LogP contribution in [0.2, 0.25) is 0 Å². The van der Waals surface area contributed by atoms with E-state index < -0.39 is 0 Å². The molecule has 0 spiro atoms. The van der Waals surface area contributed by atoms with Gasteiger partial charge >= 0.3 is 0 Å². The number of fused-ring (bicyclic) bond motifs is 1. The fourth-order valence-electron chi connectivity index (χ4n) is 3.43. The minimum atomic E-state index is -0.341. The topological polar surface area (TPSA) is 95.6 Å². The van der Waals surface area contributed by atoms with E-state index in [0.29, 0.717) is 33.5 Å². The summed E-state index contributed by atoms with van der Waals surface area (Å²) < 4.78 is 0. The Labute approximate surface area is 178 Å². The molecule has 0 bridgehead atoms. The van der Waals surface area contributed by atoms with E-state index in [2.05, 4.69) is 10.6 Å². The first kappa shape index (κ1) is 20.0. The Balaban J connectivity index is 1.47. The maximum absolute atomic E-state index is 12.6. The highest BCUT2D eigenvalue weighted by atomic mass is 16.2. The fraction of sp³-hybridized carbons (Fsp3) is 0.0833. The van der Waals surface area contributed by atoms with Gasteiger partial charge in [0.15, 0.2) is 0 Å². The van der Waals surface area contributed by atoms with E-state index >= 15 is 0 Å². The van der Waals surface area contributed by atoms with Gasteiger partial charge in [-0.05, 0) is 54.1 Å². The summed E-state index contributed by atoms with van der Waals surface area (Å²) in [7, 11) is 1.55. The van der Waals surface area contributed by atoms with Gasteiger partial charge in [-0.1, -0.05) is 24.3 Å². The van der Waals surface area contributed by atoms with Gasteiger partial charge in [0.1, 0.15) is 0 Å². The molecule has 1 aliphatic rings. The van der Waals surface area contributed by atoms with Crippen LogP contribution in [-0.4, -0.2) is 35.6 Å². The summed E-state index contributed by atoms with van der Waals surface area (Å²) >= 11 is 0. The molecule has 4 rings (SSSR count). The summed E-state index contributed by atoms with van der Waals surface area (Å²) in [5, 5.41) is 5.31. The van der Waals surface area contributed by atoms with Crippen molar-refractivity contribution in [3.63, 3.8) is 0 Å². The lowest BCUT2D eigenvalue weighted by atomic mass is 10.1. The lowest BCUT2D eigenvalue weighted by molar-refractivity contribution is 0.0642. The summed E-state index contributed by atoms with van der Waals surface area (Å²) in [6.45, 7) is 0.0777. The van der Waals surface area contributed by atoms with Crippen molar-refractivity contribution in [2.45, 2.75) is 6.54 Å². The van der Waals surface area contributed by atoms with Crippen LogP contribution in [0, 0.1) is 0 Å². The Hall–Kier alpha value is -4.26. The first-order valence-electron chi connectivity index (χ1n) is 9.65. The molecule has 3 aromatic carbocycles. The Kier molecular flexibility index (Phi) is 5.32. The molecule has 1 heterocycles. The summed E-state index contributed by atoms with van der Waals surface area (Å²) in [6, 6.07) is 20.0. The normalized spacial score (nSPS) is 12.5. The van der Waals surface area contributed by atoms with Crippen LogP contribution in [-0.2, 0) is 6.54 Å². The Morgan fingerprint density at radius 1 is 0.774 bits per heavy atom. The Morgan fingerprint density at radius 2 is 1.42 bits per heavy atom. The number of hydrogen-bond acceptors (Lipinski definition) is 4. The van der Waals surface area contributed by atoms with E-state index in [0.717, 1.165) is 0 Å². The minimum Gasteiger partial charge on any atom is -0.355 e. The van der Waals surface area contributed by atoms with E-state index in [-0.39, 0.29) is 30.2 Å². The van der Waals surface area contributed by atoms with E-state index in [9.17, 15) is 19.2 Å². The molecule has 0 aromatic heterocycles. The monoisotopic (exact) mass is 413 g/mol. The van der Waals surface area contributed by atoms with Crippen molar-refractivity contribution in [2.24, 2.45) is 0 Å². The van der Waals surface area contributed by atoms with Crippen LogP contribution in [0.5, 0.6) is 0 Å². The Morgan fingerprint density at radius 3 is 2.03 bits per heavy atom. The van der Waals surface area contributed by atoms with Crippen LogP contribution < -0.4 is 10.6 Å². The van der Waals surface area contributed by atoms with Gasteiger partial charge < -0.3 is 10.6 Å². The molecule has 7 nitrogen and oxygen atoms in total. The highest BCUT2D eigenvalue weighted by molar-refractivity contribution is 6.21. The molecule has 0 saturated carbocycles. The first-order chi connectivity index (χ1) is 15.0. The number of nitrogens with one attached hydrogen (secondary N) is 2. The summed E-state index contributed by atoms with van der Waals surface area (Å²) in [5.41, 5.74) is 2.87. The molecule has 0 radical (unpaired) electrons. The zero-order valence-corrected chi connectivity index (χ0v) is 16.7. The largest absolute Gasteiger partial charge is 0.355 e. The molecule has 0 atom stereocenters. The lowest BCUT2D eigenvalue weighted by Gasteiger charge is -2.14. The molecule has 0 aliphatic carbocycles. The smallest absolute Gasteiger partial charge is 0.261 e. The van der Waals surface area contributed by atoms with Crippen molar-refractivity contribution >= 4 is 29.3 Å². The van der Waals surface area contributed by atoms with Crippen LogP contribution in [0.25, 0.3) is 0 Å². The molecule has 0 unspecified atom stereocenters. The molecule has 7 heteroatoms. The lowest BCUT2D eigenvalue weighted by Crippen LogP contribution is -2.29. The highest BCUT2D eigenvalue weighted by Gasteiger charge is 2.34. The van der Waals surface area contributed by atoms with Crippen molar-refractivity contribution in [1.82, 2.24) is 10.2 Å². The molecule has 0 fully saturated rings. The Bertz CT molecular complexity index is 1170. The van der Waals surface area contributed by atoms with Gasteiger partial charge in [-0.3, -0.25) is 24.1 Å². The zero-order valence-electron chi connectivity index (χ0n) is 16.7. The third-order valence-corrected chi connectivity index (χ3v) is 5.04. The number of carbonyl (C=O) groups excluding carboxylic acids is 4. The van der Waals surface area contributed by atoms with Gasteiger partial charge in [-0.2, -0.15) is 0 Å². The summed E-state index contributed by atoms with van der Waals surface area (Å²) in [5.74, 6) is -1.23. The number of rotatable bonds is 5. The molecule has 1 aliphatic heterocycles. The first-order valence-corrected chi connectivity index (χ1v) is 9.65. The quantitative estimate of drug-likeness (QED) is 0.629. The second-order valence-corrected chi connectivity index (χ2v) is 7.05. The molecule has 154 valence electrons. The third-order valence-electron chi connectivity index (χ3n) is 5.04. The number of nitrogens with zero attached hydrogens (tertiary/aromatic N) is 1. The second kappa shape index (κ2) is 8.23. The zero-order chi connectivity index (χ0) is 22.0. The van der Waals surface area contributed by atoms with Gasteiger partial charge in [-0.15, -0.1) is 0 Å². The number of hydrogen-bond donors (Lipinski definition) is 2. The molecule has 3 aromatic rings. The second-order valence-electron chi connectivity index (χ2n) is 7.05. The molecular weight excluding hydrogens is 394 g/mol. The molecule has 2 N–H and O–H groups in total. The molecular formula is C24H19N3O4. The number of benzene rings is 3. The van der Waals surface area contributed by atoms with E-state index in [1.807, 2.05) is 0 Å². The van der Waals surface area contributed by atoms with Gasteiger partial charge in [-0.25, -0.2) is 0 Å². The maximum atomic E-state index is 12.6. The summed E-state index contributed by atoms with van der Waals surface area (Å²) in [6.07, 6.45) is 0. The van der Waals surface area contributed by atoms with E-state index in [1.165, 1.54) is 4.90 Å². The van der Waals surface area contributed by atoms with E-state index in [1.54, 1.807) is 79.8 Å². The average molecular weight is 413 g/mol. The van der Waals surface area contributed by atoms with Crippen LogP contribution in [0.3, 0.4) is 0 Å². The molecule has 31 heavy (non-hydrogen) atoms. The number of anilines is 1. The minimum absolute atomic E-state index is 0.0777. The number of imide groups is 1. The van der Waals surface area contributed by atoms with Crippen LogP contribution in [0.4, 0.5) is 5.69 Å². The SMILES string of the molecule is CNC(=O)c1ccc(NC(=O)c2cccc(CN3C(=O)c4ccccc4C3=O)c2)cc1. The van der Waals surface area contributed by atoms with Crippen molar-refractivity contribution in [3.8, 4) is 0 Å². The summed E-state index contributed by atoms with van der Waals surface area (Å²) in [4.78, 5) is 50.6. The predicted octanol–water partition coefficient (Wildman–Crippen LogP) is 3.09. The van der Waals surface area contributed by atoms with Gasteiger partial charge in [0, 0.05) is 23.9 Å². The maximum Gasteiger partial charge on any atom is 0.261 e. The van der Waals surface area contributed by atoms with Crippen molar-refractivity contribution in [3.05, 3.63) is 101 Å². The number of carbonyl (C=O) groups is 4. The number of amides is 4. The third kappa shape index (κ3) is 3.93. The fourth-order valence-corrected chi connectivity index (χ4v) is 3.43. The highest BCUT2D eigenvalue weighted by Crippen LogP contribution is 2.24. The average Bonchev–Trinajstić information content (AvgIpc) is 3.04. The van der Waals surface area contributed by atoms with Crippen LogP contribution in [0.1, 0.15) is 47.0 Å². The predicted molar refractivity (Wildman–Crippen MR) is 115 cm³/mol. The van der Waals surface area contributed by atoms with Gasteiger partial charge in [0.05, 0.1) is 17.7 Å². The van der Waals surface area contributed by atoms with Crippen molar-refractivity contribution in [2.75, 3.05) is 12.4 Å². The van der Waals surface area contributed by atoms with Gasteiger partial charge in [0.2, 0.25) is 0 Å². The van der Waals surface area contributed by atoms with Crippen LogP contribution >= 0.6 is 0 Å². The van der Waals surface area contributed by atoms with Crippen LogP contribution in [0.15, 0.2) is 72.8 Å². The standard InChI is InChI=1S/C24H19N3O4/c1-25-21(28)16-9-11-18(12-10-16)26-22(29)17-6-4-5-15(13-17)14-27-23(30)19-7-2-3-8-20(19)24(27)31/h2-13H,14H2,1H3,(H,25,28)(H,26,29). The van der Waals surface area contributed by atoms with E-state index in [4.69, 9.17) is 0 Å². The molecule has 0 saturated heterocycles. The molecule has 4 amide bonds.